The number of nitrogens with one attached hydrogen (secondary N) is 2. The van der Waals surface area contributed by atoms with E-state index in [-0.39, 0.29) is 16.3 Å². The highest BCUT2D eigenvalue weighted by atomic mass is 35.5. The van der Waals surface area contributed by atoms with Gasteiger partial charge in [-0.1, -0.05) is 59.8 Å². The second kappa shape index (κ2) is 12.0. The Kier molecular flexibility index (Phi) is 8.33. The lowest BCUT2D eigenvalue weighted by Crippen LogP contribution is -2.20. The van der Waals surface area contributed by atoms with Crippen LogP contribution in [0.15, 0.2) is 83.1 Å². The van der Waals surface area contributed by atoms with E-state index in [1.165, 1.54) is 17.8 Å². The number of carbonyl (C=O) groups is 1. The molecule has 0 atom stereocenters. The summed E-state index contributed by atoms with van der Waals surface area (Å²) in [6.45, 7) is 0.415. The van der Waals surface area contributed by atoms with Crippen molar-refractivity contribution in [2.45, 2.75) is 11.7 Å². The van der Waals surface area contributed by atoms with Gasteiger partial charge in [0.15, 0.2) is 11.0 Å². The Morgan fingerprint density at radius 1 is 1.14 bits per heavy atom. The van der Waals surface area contributed by atoms with Gasteiger partial charge in [0.05, 0.1) is 23.4 Å². The second-order valence-corrected chi connectivity index (χ2v) is 8.87. The first-order valence-corrected chi connectivity index (χ1v) is 12.2. The lowest BCUT2D eigenvalue weighted by Gasteiger charge is -2.11. The molecule has 37 heavy (non-hydrogen) atoms. The number of hydrogen-bond acceptors (Lipinski definition) is 9. The molecule has 0 spiro atoms. The minimum atomic E-state index is -0.764. The largest absolute Gasteiger partial charge is 0.502 e. The predicted molar refractivity (Wildman–Crippen MR) is 141 cm³/mol. The maximum Gasteiger partial charge on any atom is 0.312 e. The average Bonchev–Trinajstić information content (AvgIpc) is 3.31. The molecule has 0 unspecified atom stereocenters. The van der Waals surface area contributed by atoms with E-state index in [0.717, 1.165) is 23.7 Å². The first kappa shape index (κ1) is 25.7. The molecule has 11 nitrogen and oxygen atoms in total. The van der Waals surface area contributed by atoms with Crippen LogP contribution in [0.1, 0.15) is 11.4 Å². The van der Waals surface area contributed by atoms with Gasteiger partial charge in [0.2, 0.25) is 5.75 Å². The van der Waals surface area contributed by atoms with Crippen LogP contribution in [0.3, 0.4) is 0 Å². The first-order valence-electron chi connectivity index (χ1n) is 10.8. The van der Waals surface area contributed by atoms with Crippen LogP contribution in [0.25, 0.3) is 5.69 Å². The topological polar surface area (TPSA) is 148 Å². The minimum Gasteiger partial charge on any atom is -0.502 e. The molecule has 0 saturated carbocycles. The van der Waals surface area contributed by atoms with E-state index in [0.29, 0.717) is 17.5 Å². The Labute approximate surface area is 220 Å². The SMILES string of the molecule is O=C(CSc1nnc(CNc2ccccc2)n1-c1ccccc1)N/N=C\c1cc(Cl)cc([N+](=O)[O-])c1O. The lowest BCUT2D eigenvalue weighted by atomic mass is 10.2. The number of benzene rings is 3. The van der Waals surface area contributed by atoms with Crippen molar-refractivity contribution in [3.63, 3.8) is 0 Å². The zero-order chi connectivity index (χ0) is 26.2. The van der Waals surface area contributed by atoms with Crippen molar-refractivity contribution in [2.24, 2.45) is 5.10 Å². The van der Waals surface area contributed by atoms with Crippen LogP contribution >= 0.6 is 23.4 Å². The Hall–Kier alpha value is -4.42. The molecule has 4 aromatic rings. The van der Waals surface area contributed by atoms with Crippen LogP contribution in [-0.4, -0.2) is 42.7 Å². The summed E-state index contributed by atoms with van der Waals surface area (Å²) in [7, 11) is 0. The summed E-state index contributed by atoms with van der Waals surface area (Å²) in [5.74, 6) is -0.428. The number of nitro benzene ring substituents is 1. The number of halogens is 1. The average molecular weight is 538 g/mol. The highest BCUT2D eigenvalue weighted by molar-refractivity contribution is 7.99. The number of nitro groups is 1. The molecule has 188 valence electrons. The lowest BCUT2D eigenvalue weighted by molar-refractivity contribution is -0.385. The molecule has 13 heteroatoms. The zero-order valence-electron chi connectivity index (χ0n) is 19.1. The molecule has 0 aliphatic heterocycles. The standard InChI is InChI=1S/C24H20ClN7O4S/c25-17-11-16(23(34)20(12-17)32(35)36)13-27-29-22(33)15-37-24-30-28-21(14-26-18-7-3-1-4-8-18)31(24)19-9-5-2-6-10-19/h1-13,26,34H,14-15H2,(H,29,33)/b27-13-. The van der Waals surface area contributed by atoms with Gasteiger partial charge in [-0.25, -0.2) is 5.43 Å². The van der Waals surface area contributed by atoms with Gasteiger partial charge in [-0.3, -0.25) is 19.5 Å². The van der Waals surface area contributed by atoms with Crippen LogP contribution in [0, 0.1) is 10.1 Å². The fourth-order valence-corrected chi connectivity index (χ4v) is 4.25. The van der Waals surface area contributed by atoms with Crippen LogP contribution in [-0.2, 0) is 11.3 Å². The molecule has 1 aromatic heterocycles. The highest BCUT2D eigenvalue weighted by Crippen LogP contribution is 2.32. The summed E-state index contributed by atoms with van der Waals surface area (Å²) >= 11 is 7.03. The van der Waals surface area contributed by atoms with Crippen molar-refractivity contribution in [2.75, 3.05) is 11.1 Å². The van der Waals surface area contributed by atoms with E-state index in [9.17, 15) is 20.0 Å². The summed E-state index contributed by atoms with van der Waals surface area (Å²) < 4.78 is 1.86. The maximum absolute atomic E-state index is 12.4. The zero-order valence-corrected chi connectivity index (χ0v) is 20.7. The molecule has 3 N–H and O–H groups in total. The summed E-state index contributed by atoms with van der Waals surface area (Å²) in [6.07, 6.45) is 1.08. The fourth-order valence-electron chi connectivity index (χ4n) is 3.26. The number of rotatable bonds is 10. The van der Waals surface area contributed by atoms with E-state index in [1.807, 2.05) is 65.2 Å². The normalized spacial score (nSPS) is 10.9. The van der Waals surface area contributed by atoms with E-state index in [1.54, 1.807) is 0 Å². The molecule has 1 amide bonds. The monoisotopic (exact) mass is 537 g/mol. The fraction of sp³-hybridized carbons (Fsp3) is 0.0833. The quantitative estimate of drug-likeness (QED) is 0.117. The molecule has 1 heterocycles. The number of hydrogen-bond donors (Lipinski definition) is 3. The number of phenolic OH excluding ortho intramolecular Hbond substituents is 1. The number of amides is 1. The van der Waals surface area contributed by atoms with Crippen LogP contribution in [0.2, 0.25) is 5.02 Å². The van der Waals surface area contributed by atoms with Gasteiger partial charge in [-0.2, -0.15) is 5.10 Å². The van der Waals surface area contributed by atoms with Crippen molar-refractivity contribution in [1.82, 2.24) is 20.2 Å². The Morgan fingerprint density at radius 2 is 1.84 bits per heavy atom. The highest BCUT2D eigenvalue weighted by Gasteiger charge is 2.18. The van der Waals surface area contributed by atoms with Crippen LogP contribution in [0.5, 0.6) is 5.75 Å². The molecule has 0 aliphatic carbocycles. The van der Waals surface area contributed by atoms with Gasteiger partial charge in [-0.15, -0.1) is 10.2 Å². The molecular formula is C24H20ClN7O4S. The Bertz CT molecular complexity index is 1430. The minimum absolute atomic E-state index is 0.00784. The Morgan fingerprint density at radius 3 is 2.54 bits per heavy atom. The van der Waals surface area contributed by atoms with Gasteiger partial charge in [-0.05, 0) is 30.3 Å². The van der Waals surface area contributed by atoms with Crippen molar-refractivity contribution < 1.29 is 14.8 Å². The van der Waals surface area contributed by atoms with Gasteiger partial charge in [0.25, 0.3) is 5.91 Å². The molecule has 3 aromatic carbocycles. The number of anilines is 1. The molecule has 0 saturated heterocycles. The van der Waals surface area contributed by atoms with Crippen LogP contribution < -0.4 is 10.7 Å². The van der Waals surface area contributed by atoms with Crippen molar-refractivity contribution in [1.29, 1.82) is 0 Å². The number of nitrogens with zero attached hydrogens (tertiary/aromatic N) is 5. The molecule has 4 rings (SSSR count). The summed E-state index contributed by atoms with van der Waals surface area (Å²) in [5.41, 5.74) is 3.54. The number of aromatic hydroxyl groups is 1. The van der Waals surface area contributed by atoms with Crippen molar-refractivity contribution >= 4 is 46.9 Å². The second-order valence-electron chi connectivity index (χ2n) is 7.49. The number of aromatic nitrogens is 3. The van der Waals surface area contributed by atoms with Crippen molar-refractivity contribution in [3.8, 4) is 11.4 Å². The van der Waals surface area contributed by atoms with E-state index in [4.69, 9.17) is 11.6 Å². The molecule has 0 fully saturated rings. The smallest absolute Gasteiger partial charge is 0.312 e. The van der Waals surface area contributed by atoms with E-state index < -0.39 is 22.3 Å². The number of para-hydroxylation sites is 2. The summed E-state index contributed by atoms with van der Waals surface area (Å²) in [4.78, 5) is 22.6. The number of thioether (sulfide) groups is 1. The van der Waals surface area contributed by atoms with Crippen LogP contribution in [0.4, 0.5) is 11.4 Å². The van der Waals surface area contributed by atoms with Crippen molar-refractivity contribution in [3.05, 3.63) is 99.3 Å². The van der Waals surface area contributed by atoms with Gasteiger partial charge in [0, 0.05) is 28.0 Å². The molecular weight excluding hydrogens is 518 g/mol. The predicted octanol–water partition coefficient (Wildman–Crippen LogP) is 4.39. The third-order valence-electron chi connectivity index (χ3n) is 4.95. The molecule has 0 aliphatic rings. The van der Waals surface area contributed by atoms with Gasteiger partial charge >= 0.3 is 5.69 Å². The number of phenols is 1. The molecule has 0 radical (unpaired) electrons. The number of carbonyl (C=O) groups excluding carboxylic acids is 1. The third kappa shape index (κ3) is 6.63. The first-order chi connectivity index (χ1) is 17.9. The summed E-state index contributed by atoms with van der Waals surface area (Å²) in [5, 5.41) is 37.3. The summed E-state index contributed by atoms with van der Waals surface area (Å²) in [6, 6.07) is 21.5. The van der Waals surface area contributed by atoms with Gasteiger partial charge < -0.3 is 10.4 Å². The van der Waals surface area contributed by atoms with E-state index in [2.05, 4.69) is 26.0 Å². The molecule has 0 bridgehead atoms. The maximum atomic E-state index is 12.4. The Balaban J connectivity index is 1.43. The van der Waals surface area contributed by atoms with Gasteiger partial charge in [0.1, 0.15) is 0 Å². The number of hydrazone groups is 1. The third-order valence-corrected chi connectivity index (χ3v) is 6.09. The van der Waals surface area contributed by atoms with E-state index >= 15 is 0 Å².